The van der Waals surface area contributed by atoms with Crippen LogP contribution < -0.4 is 11.1 Å². The van der Waals surface area contributed by atoms with Gasteiger partial charge in [-0.25, -0.2) is 4.99 Å². The van der Waals surface area contributed by atoms with Crippen LogP contribution in [0.15, 0.2) is 29.7 Å². The summed E-state index contributed by atoms with van der Waals surface area (Å²) in [5.74, 6) is -0.524. The fourth-order valence-electron chi connectivity index (χ4n) is 0.532. The van der Waals surface area contributed by atoms with E-state index in [9.17, 15) is 4.79 Å². The Kier molecular flexibility index (Phi) is 1.84. The van der Waals surface area contributed by atoms with E-state index in [1.165, 1.54) is 12.3 Å². The first kappa shape index (κ1) is 6.54. The predicted octanol–water partition coefficient (Wildman–Crippen LogP) is -0.499. The van der Waals surface area contributed by atoms with Crippen molar-refractivity contribution in [1.29, 1.82) is 0 Å². The first-order valence-corrected chi connectivity index (χ1v) is 2.76. The molecule has 0 radical (unpaired) electrons. The van der Waals surface area contributed by atoms with Gasteiger partial charge in [0.1, 0.15) is 5.71 Å². The van der Waals surface area contributed by atoms with Crippen LogP contribution in [-0.4, -0.2) is 11.6 Å². The molecule has 0 fully saturated rings. The second kappa shape index (κ2) is 2.82. The Hall–Kier alpha value is -1.58. The van der Waals surface area contributed by atoms with Gasteiger partial charge in [-0.15, -0.1) is 0 Å². The van der Waals surface area contributed by atoms with Crippen LogP contribution in [0.1, 0.15) is 0 Å². The van der Waals surface area contributed by atoms with E-state index in [-0.39, 0.29) is 5.71 Å². The Bertz CT molecular complexity index is 227. The molecule has 1 amide bonds. The van der Waals surface area contributed by atoms with Gasteiger partial charge in [0.05, 0.1) is 0 Å². The molecule has 0 aliphatic carbocycles. The molecule has 1 aliphatic heterocycles. The molecule has 4 nitrogen and oxygen atoms in total. The number of nitrogens with two attached hydrogens (primary N) is 1. The zero-order valence-corrected chi connectivity index (χ0v) is 5.24. The van der Waals surface area contributed by atoms with Gasteiger partial charge in [0, 0.05) is 18.6 Å². The fourth-order valence-corrected chi connectivity index (χ4v) is 0.532. The molecule has 0 bridgehead atoms. The maximum atomic E-state index is 10.5. The zero-order chi connectivity index (χ0) is 7.40. The predicted molar refractivity (Wildman–Crippen MR) is 38.0 cm³/mol. The number of primary amides is 1. The van der Waals surface area contributed by atoms with E-state index >= 15 is 0 Å². The van der Waals surface area contributed by atoms with E-state index in [1.807, 2.05) is 0 Å². The topological polar surface area (TPSA) is 67.5 Å². The van der Waals surface area contributed by atoms with Crippen molar-refractivity contribution in [2.45, 2.75) is 0 Å². The molecule has 3 N–H and O–H groups in total. The number of amides is 1. The summed E-state index contributed by atoms with van der Waals surface area (Å²) in [6, 6.07) is 0. The second-order valence-electron chi connectivity index (χ2n) is 1.69. The van der Waals surface area contributed by atoms with Crippen LogP contribution in [0.4, 0.5) is 0 Å². The normalized spacial score (nSPS) is 15.4. The molecule has 0 spiro atoms. The van der Waals surface area contributed by atoms with Crippen LogP contribution in [0.3, 0.4) is 0 Å². The molecule has 1 rings (SSSR count). The van der Waals surface area contributed by atoms with E-state index in [0.29, 0.717) is 0 Å². The van der Waals surface area contributed by atoms with Crippen molar-refractivity contribution in [3.05, 3.63) is 24.7 Å². The van der Waals surface area contributed by atoms with Gasteiger partial charge in [-0.3, -0.25) is 4.79 Å². The van der Waals surface area contributed by atoms with Gasteiger partial charge < -0.3 is 11.1 Å². The summed E-state index contributed by atoms with van der Waals surface area (Å²) in [6.45, 7) is 0. The van der Waals surface area contributed by atoms with E-state index in [4.69, 9.17) is 5.73 Å². The SMILES string of the molecule is NC(=O)C1=NC=CNC=C1. The van der Waals surface area contributed by atoms with Crippen molar-refractivity contribution in [2.24, 2.45) is 10.7 Å². The number of carbonyl (C=O) groups is 1. The number of aliphatic imine (C=N–C) groups is 1. The highest BCUT2D eigenvalue weighted by Gasteiger charge is 2.00. The first-order valence-electron chi connectivity index (χ1n) is 2.76. The van der Waals surface area contributed by atoms with Crippen molar-refractivity contribution >= 4 is 11.6 Å². The molecular weight excluding hydrogens is 130 g/mol. The van der Waals surface area contributed by atoms with Gasteiger partial charge >= 0.3 is 0 Å². The lowest BCUT2D eigenvalue weighted by atomic mass is 10.3. The number of hydrogen-bond acceptors (Lipinski definition) is 3. The fraction of sp³-hybridized carbons (Fsp3) is 0. The van der Waals surface area contributed by atoms with E-state index < -0.39 is 5.91 Å². The Morgan fingerprint density at radius 2 is 2.40 bits per heavy atom. The second-order valence-corrected chi connectivity index (χ2v) is 1.69. The van der Waals surface area contributed by atoms with Gasteiger partial charge in [0.15, 0.2) is 0 Å². The van der Waals surface area contributed by atoms with Gasteiger partial charge in [-0.2, -0.15) is 0 Å². The summed E-state index contributed by atoms with van der Waals surface area (Å²) in [7, 11) is 0. The monoisotopic (exact) mass is 137 g/mol. The Morgan fingerprint density at radius 1 is 1.60 bits per heavy atom. The van der Waals surface area contributed by atoms with Crippen molar-refractivity contribution in [1.82, 2.24) is 5.32 Å². The molecule has 0 unspecified atom stereocenters. The average molecular weight is 137 g/mol. The van der Waals surface area contributed by atoms with Crippen LogP contribution in [0.5, 0.6) is 0 Å². The minimum Gasteiger partial charge on any atom is -0.366 e. The Morgan fingerprint density at radius 3 is 3.10 bits per heavy atom. The molecule has 0 aromatic carbocycles. The van der Waals surface area contributed by atoms with E-state index in [2.05, 4.69) is 10.3 Å². The summed E-state index contributed by atoms with van der Waals surface area (Å²) in [5, 5.41) is 2.75. The molecule has 0 aromatic heterocycles. The molecule has 0 aromatic rings. The van der Waals surface area contributed by atoms with Crippen LogP contribution in [-0.2, 0) is 4.79 Å². The lowest BCUT2D eigenvalue weighted by Gasteiger charge is -1.87. The van der Waals surface area contributed by atoms with Gasteiger partial charge in [-0.05, 0) is 6.08 Å². The van der Waals surface area contributed by atoms with Crippen LogP contribution >= 0.6 is 0 Å². The largest absolute Gasteiger partial charge is 0.366 e. The zero-order valence-electron chi connectivity index (χ0n) is 5.24. The smallest absolute Gasteiger partial charge is 0.267 e. The number of rotatable bonds is 1. The Labute approximate surface area is 58.1 Å². The summed E-state index contributed by atoms with van der Waals surface area (Å²) in [4.78, 5) is 14.2. The molecule has 4 heteroatoms. The maximum Gasteiger partial charge on any atom is 0.267 e. The van der Waals surface area contributed by atoms with Crippen LogP contribution in [0.25, 0.3) is 0 Å². The van der Waals surface area contributed by atoms with E-state index in [0.717, 1.165) is 0 Å². The molecule has 0 saturated carbocycles. The van der Waals surface area contributed by atoms with Crippen LogP contribution in [0.2, 0.25) is 0 Å². The van der Waals surface area contributed by atoms with E-state index in [1.54, 1.807) is 12.4 Å². The number of nitrogens with zero attached hydrogens (tertiary/aromatic N) is 1. The highest BCUT2D eigenvalue weighted by Crippen LogP contribution is 1.86. The summed E-state index contributed by atoms with van der Waals surface area (Å²) in [5.41, 5.74) is 5.21. The van der Waals surface area contributed by atoms with Crippen molar-refractivity contribution in [3.63, 3.8) is 0 Å². The molecule has 0 saturated heterocycles. The third kappa shape index (κ3) is 1.45. The minimum absolute atomic E-state index is 0.251. The average Bonchev–Trinajstić information content (AvgIpc) is 2.12. The Balaban J connectivity index is 2.83. The van der Waals surface area contributed by atoms with Gasteiger partial charge in [-0.1, -0.05) is 0 Å². The summed E-state index contributed by atoms with van der Waals surface area (Å²) < 4.78 is 0. The van der Waals surface area contributed by atoms with Crippen LogP contribution in [0, 0.1) is 0 Å². The lowest BCUT2D eigenvalue weighted by molar-refractivity contribution is -0.111. The van der Waals surface area contributed by atoms with Gasteiger partial charge in [0.2, 0.25) is 0 Å². The standard InChI is InChI=1S/C6H7N3O/c7-6(10)5-1-2-8-3-4-9-5/h1-4,8H,(H2,7,10). The summed E-state index contributed by atoms with van der Waals surface area (Å²) >= 11 is 0. The quantitative estimate of drug-likeness (QED) is 0.511. The minimum atomic E-state index is -0.524. The molecule has 1 aliphatic rings. The lowest BCUT2D eigenvalue weighted by Crippen LogP contribution is -2.20. The molecule has 1 heterocycles. The number of carbonyl (C=O) groups excluding carboxylic acids is 1. The highest BCUT2D eigenvalue weighted by atomic mass is 16.1. The third-order valence-electron chi connectivity index (χ3n) is 0.974. The number of nitrogens with one attached hydrogen (secondary N) is 1. The third-order valence-corrected chi connectivity index (χ3v) is 0.974. The van der Waals surface area contributed by atoms with Crippen molar-refractivity contribution < 1.29 is 4.79 Å². The molecular formula is C6H7N3O. The first-order chi connectivity index (χ1) is 4.80. The highest BCUT2D eigenvalue weighted by molar-refractivity contribution is 6.43. The molecule has 10 heavy (non-hydrogen) atoms. The van der Waals surface area contributed by atoms with Gasteiger partial charge in [0.25, 0.3) is 5.91 Å². The molecule has 0 atom stereocenters. The van der Waals surface area contributed by atoms with Crippen molar-refractivity contribution in [3.8, 4) is 0 Å². The molecule has 52 valence electrons. The summed E-state index contributed by atoms with van der Waals surface area (Å²) in [6.07, 6.45) is 6.18. The number of hydrogen-bond donors (Lipinski definition) is 2. The van der Waals surface area contributed by atoms with Crippen molar-refractivity contribution in [2.75, 3.05) is 0 Å². The maximum absolute atomic E-state index is 10.5.